The first-order valence-corrected chi connectivity index (χ1v) is 5.84. The molecule has 0 radical (unpaired) electrons. The van der Waals surface area contributed by atoms with E-state index in [4.69, 9.17) is 0 Å². The van der Waals surface area contributed by atoms with Crippen LogP contribution < -0.4 is 0 Å². The maximum Gasteiger partial charge on any atom is 0.163 e. The lowest BCUT2D eigenvalue weighted by Gasteiger charge is -2.16. The highest BCUT2D eigenvalue weighted by atomic mass is 16.1. The van der Waals surface area contributed by atoms with Gasteiger partial charge < -0.3 is 0 Å². The van der Waals surface area contributed by atoms with Crippen molar-refractivity contribution in [3.05, 3.63) is 59.2 Å². The Bertz CT molecular complexity index is 494. The van der Waals surface area contributed by atoms with Crippen molar-refractivity contribution in [1.29, 1.82) is 0 Å². The Balaban J connectivity index is 2.01. The fraction of sp³-hybridized carbons (Fsp3) is 0.267. The van der Waals surface area contributed by atoms with Crippen molar-refractivity contribution in [2.45, 2.75) is 25.2 Å². The smallest absolute Gasteiger partial charge is 0.163 e. The Labute approximate surface area is 95.5 Å². The molecule has 1 aromatic rings. The van der Waals surface area contributed by atoms with Gasteiger partial charge in [0.1, 0.15) is 0 Å². The van der Waals surface area contributed by atoms with Gasteiger partial charge in [-0.05, 0) is 24.0 Å². The average molecular weight is 210 g/mol. The summed E-state index contributed by atoms with van der Waals surface area (Å²) in [6, 6.07) is 8.50. The van der Waals surface area contributed by atoms with Crippen molar-refractivity contribution >= 4 is 5.78 Å². The van der Waals surface area contributed by atoms with E-state index >= 15 is 0 Å². The zero-order chi connectivity index (χ0) is 11.0. The molecule has 16 heavy (non-hydrogen) atoms. The fourth-order valence-electron chi connectivity index (χ4n) is 2.75. The van der Waals surface area contributed by atoms with Crippen LogP contribution >= 0.6 is 0 Å². The molecule has 1 unspecified atom stereocenters. The zero-order valence-electron chi connectivity index (χ0n) is 9.15. The number of carbonyl (C=O) groups excluding carboxylic acids is 1. The number of Topliss-reactive ketones (excluding diaryl/α,β-unsaturated/α-hetero) is 1. The third-order valence-electron chi connectivity index (χ3n) is 3.55. The fourth-order valence-corrected chi connectivity index (χ4v) is 2.75. The van der Waals surface area contributed by atoms with Gasteiger partial charge in [-0.25, -0.2) is 0 Å². The molecule has 2 aliphatic carbocycles. The van der Waals surface area contributed by atoms with Crippen LogP contribution in [0.15, 0.2) is 48.1 Å². The van der Waals surface area contributed by atoms with Crippen molar-refractivity contribution < 1.29 is 4.79 Å². The topological polar surface area (TPSA) is 17.1 Å². The average Bonchev–Trinajstić information content (AvgIpc) is 2.74. The molecule has 0 aromatic heterocycles. The van der Waals surface area contributed by atoms with E-state index in [2.05, 4.69) is 24.3 Å². The predicted molar refractivity (Wildman–Crippen MR) is 64.4 cm³/mol. The van der Waals surface area contributed by atoms with Crippen molar-refractivity contribution in [1.82, 2.24) is 0 Å². The molecule has 0 saturated carbocycles. The minimum atomic E-state index is 0.296. The van der Waals surface area contributed by atoms with E-state index in [1.807, 2.05) is 18.2 Å². The normalized spacial score (nSPS) is 23.1. The van der Waals surface area contributed by atoms with Crippen molar-refractivity contribution in [3.8, 4) is 0 Å². The molecule has 1 aromatic carbocycles. The highest BCUT2D eigenvalue weighted by Gasteiger charge is 2.28. The molecule has 80 valence electrons. The highest BCUT2D eigenvalue weighted by Crippen LogP contribution is 2.39. The largest absolute Gasteiger partial charge is 0.294 e. The molecule has 0 aliphatic heterocycles. The first-order chi connectivity index (χ1) is 7.86. The van der Waals surface area contributed by atoms with E-state index in [1.54, 1.807) is 0 Å². The number of rotatable bonds is 1. The molecule has 0 heterocycles. The Morgan fingerprint density at radius 3 is 2.94 bits per heavy atom. The predicted octanol–water partition coefficient (Wildman–Crippen LogP) is 3.17. The molecule has 0 spiro atoms. The Hall–Kier alpha value is -1.63. The second kappa shape index (κ2) is 3.75. The third-order valence-corrected chi connectivity index (χ3v) is 3.55. The van der Waals surface area contributed by atoms with Gasteiger partial charge in [0.05, 0.1) is 0 Å². The molecule has 0 saturated heterocycles. The lowest BCUT2D eigenvalue weighted by molar-refractivity contribution is -0.115. The van der Waals surface area contributed by atoms with Gasteiger partial charge in [0.2, 0.25) is 0 Å². The minimum Gasteiger partial charge on any atom is -0.294 e. The van der Waals surface area contributed by atoms with Crippen LogP contribution in [0.2, 0.25) is 0 Å². The van der Waals surface area contributed by atoms with Gasteiger partial charge >= 0.3 is 0 Å². The summed E-state index contributed by atoms with van der Waals surface area (Å²) >= 11 is 0. The second-order valence-corrected chi connectivity index (χ2v) is 4.47. The van der Waals surface area contributed by atoms with E-state index < -0.39 is 0 Å². The molecule has 1 atom stereocenters. The van der Waals surface area contributed by atoms with Gasteiger partial charge in [-0.15, -0.1) is 0 Å². The SMILES string of the molecule is O=C1CC=CC=C1C1CCc2ccccc21. The molecule has 1 nitrogen and oxygen atoms in total. The highest BCUT2D eigenvalue weighted by molar-refractivity contribution is 5.99. The van der Waals surface area contributed by atoms with Crippen LogP contribution in [0, 0.1) is 0 Å². The molecule has 0 N–H and O–H groups in total. The summed E-state index contributed by atoms with van der Waals surface area (Å²) in [5.41, 5.74) is 3.78. The van der Waals surface area contributed by atoms with E-state index in [-0.39, 0.29) is 0 Å². The first kappa shape index (κ1) is 9.59. The van der Waals surface area contributed by atoms with Gasteiger partial charge in [0.25, 0.3) is 0 Å². The molecule has 0 bridgehead atoms. The van der Waals surface area contributed by atoms with E-state index in [0.717, 1.165) is 18.4 Å². The minimum absolute atomic E-state index is 0.296. The summed E-state index contributed by atoms with van der Waals surface area (Å²) in [7, 11) is 0. The van der Waals surface area contributed by atoms with Crippen LogP contribution in [0.1, 0.15) is 29.9 Å². The molecular formula is C15H14O. The number of benzene rings is 1. The Morgan fingerprint density at radius 2 is 2.06 bits per heavy atom. The molecule has 1 heteroatoms. The maximum atomic E-state index is 11.9. The van der Waals surface area contributed by atoms with Gasteiger partial charge in [-0.1, -0.05) is 42.5 Å². The molecule has 0 amide bonds. The van der Waals surface area contributed by atoms with Gasteiger partial charge in [0, 0.05) is 17.9 Å². The van der Waals surface area contributed by atoms with Crippen molar-refractivity contribution in [2.24, 2.45) is 0 Å². The van der Waals surface area contributed by atoms with Crippen LogP contribution in [-0.2, 0) is 11.2 Å². The zero-order valence-corrected chi connectivity index (χ0v) is 9.15. The number of hydrogen-bond acceptors (Lipinski definition) is 1. The summed E-state index contributed by atoms with van der Waals surface area (Å²) in [6.45, 7) is 0. The van der Waals surface area contributed by atoms with Crippen LogP contribution in [0.3, 0.4) is 0 Å². The standard InChI is InChI=1S/C15H14O/c16-15-8-4-3-7-14(15)13-10-9-11-5-1-2-6-12(11)13/h1-7,13H,8-10H2. The number of ketones is 1. The van der Waals surface area contributed by atoms with Gasteiger partial charge in [-0.2, -0.15) is 0 Å². The van der Waals surface area contributed by atoms with Crippen LogP contribution in [0.25, 0.3) is 0 Å². The van der Waals surface area contributed by atoms with Crippen LogP contribution in [-0.4, -0.2) is 5.78 Å². The quantitative estimate of drug-likeness (QED) is 0.695. The lowest BCUT2D eigenvalue weighted by Crippen LogP contribution is -2.11. The van der Waals surface area contributed by atoms with Crippen LogP contribution in [0.4, 0.5) is 0 Å². The summed E-state index contributed by atoms with van der Waals surface area (Å²) in [5.74, 6) is 0.637. The molecular weight excluding hydrogens is 196 g/mol. The summed E-state index contributed by atoms with van der Waals surface area (Å²) < 4.78 is 0. The first-order valence-electron chi connectivity index (χ1n) is 5.84. The summed E-state index contributed by atoms with van der Waals surface area (Å²) in [6.07, 6.45) is 8.72. The molecule has 0 fully saturated rings. The second-order valence-electron chi connectivity index (χ2n) is 4.47. The summed E-state index contributed by atoms with van der Waals surface area (Å²) in [5, 5.41) is 0. The number of fused-ring (bicyclic) bond motifs is 1. The van der Waals surface area contributed by atoms with Gasteiger partial charge in [-0.3, -0.25) is 4.79 Å². The van der Waals surface area contributed by atoms with Crippen molar-refractivity contribution in [3.63, 3.8) is 0 Å². The van der Waals surface area contributed by atoms with Crippen LogP contribution in [0.5, 0.6) is 0 Å². The summed E-state index contributed by atoms with van der Waals surface area (Å²) in [4.78, 5) is 11.9. The monoisotopic (exact) mass is 210 g/mol. The molecule has 2 aliphatic rings. The Kier molecular flexibility index (Phi) is 2.24. The number of aryl methyl sites for hydroxylation is 1. The number of allylic oxidation sites excluding steroid dienone is 4. The molecule has 3 rings (SSSR count). The van der Waals surface area contributed by atoms with E-state index in [0.29, 0.717) is 18.1 Å². The van der Waals surface area contributed by atoms with Crippen molar-refractivity contribution in [2.75, 3.05) is 0 Å². The number of hydrogen-bond donors (Lipinski definition) is 0. The Morgan fingerprint density at radius 1 is 1.19 bits per heavy atom. The number of carbonyl (C=O) groups is 1. The third kappa shape index (κ3) is 1.44. The van der Waals surface area contributed by atoms with Gasteiger partial charge in [0.15, 0.2) is 5.78 Å². The maximum absolute atomic E-state index is 11.9. The lowest BCUT2D eigenvalue weighted by atomic mass is 9.87. The van der Waals surface area contributed by atoms with E-state index in [9.17, 15) is 4.79 Å². The van der Waals surface area contributed by atoms with E-state index in [1.165, 1.54) is 11.1 Å².